The van der Waals surface area contributed by atoms with E-state index in [4.69, 9.17) is 4.74 Å². The minimum absolute atomic E-state index is 0.403. The molecule has 3 heteroatoms. The van der Waals surface area contributed by atoms with Gasteiger partial charge in [-0.25, -0.2) is 0 Å². The third kappa shape index (κ3) is 3.94. The third-order valence-electron chi connectivity index (χ3n) is 6.11. The molecule has 1 aromatic carbocycles. The lowest BCUT2D eigenvalue weighted by Gasteiger charge is -2.42. The van der Waals surface area contributed by atoms with Gasteiger partial charge in [-0.3, -0.25) is 0 Å². The zero-order valence-corrected chi connectivity index (χ0v) is 15.4. The summed E-state index contributed by atoms with van der Waals surface area (Å²) in [4.78, 5) is 2.54. The fourth-order valence-corrected chi connectivity index (χ4v) is 4.30. The molecule has 1 N–H and O–H groups in total. The van der Waals surface area contributed by atoms with Crippen LogP contribution in [0.3, 0.4) is 0 Å². The minimum atomic E-state index is -0.587. The van der Waals surface area contributed by atoms with Crippen LogP contribution in [0, 0.1) is 5.41 Å². The van der Waals surface area contributed by atoms with Gasteiger partial charge in [0, 0.05) is 25.4 Å². The number of hydrogen-bond acceptors (Lipinski definition) is 3. The molecule has 1 saturated carbocycles. The summed E-state index contributed by atoms with van der Waals surface area (Å²) < 4.78 is 5.63. The Kier molecular flexibility index (Phi) is 5.51. The summed E-state index contributed by atoms with van der Waals surface area (Å²) >= 11 is 0. The van der Waals surface area contributed by atoms with Gasteiger partial charge < -0.3 is 14.7 Å². The number of nitrogens with zero attached hydrogens (tertiary/aromatic N) is 1. The van der Waals surface area contributed by atoms with E-state index in [1.807, 2.05) is 0 Å². The standard InChI is InChI=1S/C21H33NO2/c1-3-15-24-17-21(23)11-9-20(10-12-21)13-14-22(16-20)19-7-5-18(4-2)6-8-19/h5-8,23H,3-4,9-17H2,1-2H3/t20-,21+. The quantitative estimate of drug-likeness (QED) is 0.794. The highest BCUT2D eigenvalue weighted by Gasteiger charge is 2.45. The van der Waals surface area contributed by atoms with Gasteiger partial charge in [-0.1, -0.05) is 26.0 Å². The van der Waals surface area contributed by atoms with E-state index >= 15 is 0 Å². The molecular weight excluding hydrogens is 298 g/mol. The van der Waals surface area contributed by atoms with E-state index in [-0.39, 0.29) is 0 Å². The lowest BCUT2D eigenvalue weighted by Crippen LogP contribution is -2.43. The zero-order valence-electron chi connectivity index (χ0n) is 15.4. The van der Waals surface area contributed by atoms with Crippen LogP contribution in [-0.2, 0) is 11.2 Å². The molecular formula is C21H33NO2. The van der Waals surface area contributed by atoms with Crippen molar-refractivity contribution in [2.45, 2.75) is 64.4 Å². The highest BCUT2D eigenvalue weighted by atomic mass is 16.5. The fraction of sp³-hybridized carbons (Fsp3) is 0.714. The molecule has 0 unspecified atom stereocenters. The van der Waals surface area contributed by atoms with Gasteiger partial charge in [0.2, 0.25) is 0 Å². The first-order valence-electron chi connectivity index (χ1n) is 9.72. The van der Waals surface area contributed by atoms with Gasteiger partial charge >= 0.3 is 0 Å². The molecule has 1 heterocycles. The number of rotatable bonds is 6. The SMILES string of the molecule is CCCOC[C@]1(O)CC[C@]2(CCN(c3ccc(CC)cc3)C2)CC1. The molecule has 24 heavy (non-hydrogen) atoms. The number of benzene rings is 1. The number of aryl methyl sites for hydroxylation is 1. The molecule has 0 radical (unpaired) electrons. The molecule has 1 aromatic rings. The van der Waals surface area contributed by atoms with E-state index in [1.165, 1.54) is 17.7 Å². The van der Waals surface area contributed by atoms with E-state index in [9.17, 15) is 5.11 Å². The summed E-state index contributed by atoms with van der Waals surface area (Å²) in [5.41, 5.74) is 2.58. The van der Waals surface area contributed by atoms with Crippen LogP contribution < -0.4 is 4.90 Å². The molecule has 1 saturated heterocycles. The van der Waals surface area contributed by atoms with Crippen molar-refractivity contribution >= 4 is 5.69 Å². The average molecular weight is 332 g/mol. The van der Waals surface area contributed by atoms with E-state index in [0.717, 1.165) is 58.2 Å². The van der Waals surface area contributed by atoms with Crippen LogP contribution in [0.2, 0.25) is 0 Å². The maximum absolute atomic E-state index is 10.7. The van der Waals surface area contributed by atoms with E-state index in [1.54, 1.807) is 0 Å². The Morgan fingerprint density at radius 2 is 1.75 bits per heavy atom. The Bertz CT molecular complexity index is 517. The first kappa shape index (κ1) is 17.8. The fourth-order valence-electron chi connectivity index (χ4n) is 4.30. The van der Waals surface area contributed by atoms with Crippen molar-refractivity contribution in [1.29, 1.82) is 0 Å². The van der Waals surface area contributed by atoms with Gasteiger partial charge in [0.25, 0.3) is 0 Å². The molecule has 0 bridgehead atoms. The topological polar surface area (TPSA) is 32.7 Å². The second-order valence-corrected chi connectivity index (χ2v) is 7.97. The Morgan fingerprint density at radius 3 is 2.38 bits per heavy atom. The Morgan fingerprint density at radius 1 is 1.04 bits per heavy atom. The zero-order chi connectivity index (χ0) is 17.0. The van der Waals surface area contributed by atoms with Crippen molar-refractivity contribution < 1.29 is 9.84 Å². The van der Waals surface area contributed by atoms with Crippen molar-refractivity contribution in [2.24, 2.45) is 5.41 Å². The highest BCUT2D eigenvalue weighted by molar-refractivity contribution is 5.49. The minimum Gasteiger partial charge on any atom is -0.387 e. The van der Waals surface area contributed by atoms with Crippen molar-refractivity contribution in [1.82, 2.24) is 0 Å². The number of aliphatic hydroxyl groups is 1. The predicted molar refractivity (Wildman–Crippen MR) is 99.6 cm³/mol. The first-order chi connectivity index (χ1) is 11.6. The molecule has 2 fully saturated rings. The normalized spacial score (nSPS) is 30.2. The van der Waals surface area contributed by atoms with Crippen LogP contribution in [-0.4, -0.2) is 37.0 Å². The number of anilines is 1. The summed E-state index contributed by atoms with van der Waals surface area (Å²) in [6.45, 7) is 7.88. The summed E-state index contributed by atoms with van der Waals surface area (Å²) in [7, 11) is 0. The van der Waals surface area contributed by atoms with Crippen LogP contribution in [0.15, 0.2) is 24.3 Å². The largest absolute Gasteiger partial charge is 0.387 e. The Hall–Kier alpha value is -1.06. The maximum Gasteiger partial charge on any atom is 0.0880 e. The molecule has 1 aliphatic heterocycles. The monoisotopic (exact) mass is 331 g/mol. The number of hydrogen-bond donors (Lipinski definition) is 1. The predicted octanol–water partition coefficient (Wildman–Crippen LogP) is 4.18. The van der Waals surface area contributed by atoms with Gasteiger partial charge in [-0.05, 0) is 68.1 Å². The van der Waals surface area contributed by atoms with Crippen molar-refractivity contribution in [3.63, 3.8) is 0 Å². The summed E-state index contributed by atoms with van der Waals surface area (Å²) in [6, 6.07) is 9.06. The molecule has 3 rings (SSSR count). The molecule has 0 amide bonds. The van der Waals surface area contributed by atoms with Gasteiger partial charge in [-0.15, -0.1) is 0 Å². The van der Waals surface area contributed by atoms with Crippen molar-refractivity contribution in [2.75, 3.05) is 31.2 Å². The van der Waals surface area contributed by atoms with Crippen LogP contribution in [0.1, 0.15) is 57.9 Å². The van der Waals surface area contributed by atoms with E-state index in [2.05, 4.69) is 43.0 Å². The molecule has 1 aliphatic carbocycles. The second-order valence-electron chi connectivity index (χ2n) is 7.97. The summed E-state index contributed by atoms with van der Waals surface area (Å²) in [6.07, 6.45) is 7.41. The lowest BCUT2D eigenvalue weighted by atomic mass is 9.68. The van der Waals surface area contributed by atoms with Gasteiger partial charge in [0.1, 0.15) is 0 Å². The van der Waals surface area contributed by atoms with E-state index < -0.39 is 5.60 Å². The van der Waals surface area contributed by atoms with Gasteiger partial charge in [0.05, 0.1) is 12.2 Å². The molecule has 1 spiro atoms. The Balaban J connectivity index is 1.55. The lowest BCUT2D eigenvalue weighted by molar-refractivity contribution is -0.0867. The van der Waals surface area contributed by atoms with E-state index in [0.29, 0.717) is 12.0 Å². The molecule has 3 nitrogen and oxygen atoms in total. The van der Waals surface area contributed by atoms with Gasteiger partial charge in [-0.2, -0.15) is 0 Å². The van der Waals surface area contributed by atoms with Crippen LogP contribution in [0.25, 0.3) is 0 Å². The highest BCUT2D eigenvalue weighted by Crippen LogP contribution is 2.47. The number of ether oxygens (including phenoxy) is 1. The second kappa shape index (κ2) is 7.45. The smallest absolute Gasteiger partial charge is 0.0880 e. The molecule has 0 aromatic heterocycles. The van der Waals surface area contributed by atoms with Gasteiger partial charge in [0.15, 0.2) is 0 Å². The third-order valence-corrected chi connectivity index (χ3v) is 6.11. The summed E-state index contributed by atoms with van der Waals surface area (Å²) in [5.74, 6) is 0. The van der Waals surface area contributed by atoms with Crippen molar-refractivity contribution in [3.8, 4) is 0 Å². The molecule has 2 aliphatic rings. The Labute approximate surface area is 147 Å². The molecule has 0 atom stereocenters. The van der Waals surface area contributed by atoms with Crippen molar-refractivity contribution in [3.05, 3.63) is 29.8 Å². The first-order valence-corrected chi connectivity index (χ1v) is 9.72. The van der Waals surface area contributed by atoms with Crippen LogP contribution in [0.5, 0.6) is 0 Å². The van der Waals surface area contributed by atoms with Crippen LogP contribution in [0.4, 0.5) is 5.69 Å². The maximum atomic E-state index is 10.7. The van der Waals surface area contributed by atoms with Crippen LogP contribution >= 0.6 is 0 Å². The summed E-state index contributed by atoms with van der Waals surface area (Å²) in [5, 5.41) is 10.7. The average Bonchev–Trinajstić information content (AvgIpc) is 3.03. The molecule has 134 valence electrons.